The lowest BCUT2D eigenvalue weighted by molar-refractivity contribution is -0.510. The summed E-state index contributed by atoms with van der Waals surface area (Å²) in [4.78, 5) is 0. The molecule has 0 rings (SSSR count). The molecule has 24 heavy (non-hydrogen) atoms. The van der Waals surface area contributed by atoms with Crippen LogP contribution in [0.15, 0.2) is 0 Å². The van der Waals surface area contributed by atoms with Crippen molar-refractivity contribution >= 4 is 21.0 Å². The Hall–Kier alpha value is 0.154. The van der Waals surface area contributed by atoms with Crippen molar-refractivity contribution < 1.29 is 32.5 Å². The fraction of sp³-hybridized carbons (Fsp3) is 1.00. The molecule has 0 spiro atoms. The maximum Gasteiger partial charge on any atom is 0.326 e. The van der Waals surface area contributed by atoms with Gasteiger partial charge in [-0.1, -0.05) is 32.6 Å². The molecular formula is C15H30O7Si2. The van der Waals surface area contributed by atoms with Gasteiger partial charge in [-0.15, -0.1) is 0 Å². The first-order chi connectivity index (χ1) is 11.5. The summed E-state index contributed by atoms with van der Waals surface area (Å²) in [5.74, 6) is -4.90. The highest BCUT2D eigenvalue weighted by atomic mass is 28.2. The van der Waals surface area contributed by atoms with Crippen LogP contribution < -0.4 is 0 Å². The lowest BCUT2D eigenvalue weighted by atomic mass is 9.95. The van der Waals surface area contributed by atoms with E-state index in [9.17, 15) is 0 Å². The molecule has 0 aliphatic rings. The minimum absolute atomic E-state index is 0.474. The van der Waals surface area contributed by atoms with E-state index in [-0.39, 0.29) is 0 Å². The average molecular weight is 379 g/mol. The van der Waals surface area contributed by atoms with Crippen LogP contribution in [0.5, 0.6) is 0 Å². The highest BCUT2D eigenvalue weighted by Gasteiger charge is 2.69. The van der Waals surface area contributed by atoms with E-state index in [0.29, 0.717) is 6.42 Å². The van der Waals surface area contributed by atoms with Crippen LogP contribution in [-0.4, -0.2) is 74.1 Å². The Morgan fingerprint density at radius 2 is 1.17 bits per heavy atom. The molecule has 0 aliphatic heterocycles. The Labute approximate surface area is 152 Å². The van der Waals surface area contributed by atoms with Gasteiger partial charge in [-0.2, -0.15) is 0 Å². The number of hydrogen-bond donors (Lipinski definition) is 0. The van der Waals surface area contributed by atoms with Crippen molar-refractivity contribution in [2.45, 2.75) is 63.0 Å². The van der Waals surface area contributed by atoms with Crippen LogP contribution in [0.25, 0.3) is 0 Å². The molecule has 0 aromatic rings. The summed E-state index contributed by atoms with van der Waals surface area (Å²) in [7, 11) is 13.2. The van der Waals surface area contributed by atoms with Crippen molar-refractivity contribution in [3.8, 4) is 0 Å². The van der Waals surface area contributed by atoms with E-state index in [4.69, 9.17) is 32.5 Å². The smallest absolute Gasteiger partial charge is 0.326 e. The highest BCUT2D eigenvalue weighted by Crippen LogP contribution is 2.45. The number of ether oxygens (including phenoxy) is 5. The summed E-state index contributed by atoms with van der Waals surface area (Å²) in [6.07, 6.45) is 5.81. The second-order valence-electron chi connectivity index (χ2n) is 5.31. The summed E-state index contributed by atoms with van der Waals surface area (Å²) in [5.41, 5.74) is 0. The van der Waals surface area contributed by atoms with E-state index < -0.39 is 17.5 Å². The minimum atomic E-state index is -1.85. The SMILES string of the molecule is CCCCCCCC(OC)(OC)C(OC)(OC)C(OC)(O[Si])O[Si]. The van der Waals surface area contributed by atoms with Gasteiger partial charge in [0.15, 0.2) is 0 Å². The minimum Gasteiger partial charge on any atom is -0.367 e. The van der Waals surface area contributed by atoms with E-state index >= 15 is 0 Å². The van der Waals surface area contributed by atoms with Crippen molar-refractivity contribution in [1.29, 1.82) is 0 Å². The summed E-state index contributed by atoms with van der Waals surface area (Å²) in [6.45, 7) is 2.17. The van der Waals surface area contributed by atoms with Gasteiger partial charge in [0.2, 0.25) is 5.79 Å². The number of methoxy groups -OCH3 is 5. The molecule has 0 aromatic carbocycles. The van der Waals surface area contributed by atoms with Gasteiger partial charge in [0.05, 0.1) is 0 Å². The molecule has 9 heteroatoms. The van der Waals surface area contributed by atoms with Gasteiger partial charge < -0.3 is 32.5 Å². The Balaban J connectivity index is 5.71. The third kappa shape index (κ3) is 4.46. The van der Waals surface area contributed by atoms with E-state index in [1.165, 1.54) is 48.4 Å². The first kappa shape index (κ1) is 24.2. The zero-order valence-corrected chi connectivity index (χ0v) is 17.6. The topological polar surface area (TPSA) is 64.6 Å². The maximum atomic E-state index is 5.70. The van der Waals surface area contributed by atoms with Crippen LogP contribution in [0.4, 0.5) is 0 Å². The lowest BCUT2D eigenvalue weighted by Crippen LogP contribution is -2.73. The molecular weight excluding hydrogens is 348 g/mol. The first-order valence-electron chi connectivity index (χ1n) is 7.94. The number of unbranched alkanes of at least 4 members (excludes halogenated alkanes) is 4. The van der Waals surface area contributed by atoms with Crippen LogP contribution in [0.2, 0.25) is 0 Å². The van der Waals surface area contributed by atoms with Crippen molar-refractivity contribution in [2.75, 3.05) is 35.5 Å². The zero-order valence-electron chi connectivity index (χ0n) is 15.6. The molecule has 0 saturated heterocycles. The Kier molecular flexibility index (Phi) is 11.8. The van der Waals surface area contributed by atoms with Crippen LogP contribution in [0.3, 0.4) is 0 Å². The molecule has 0 atom stereocenters. The lowest BCUT2D eigenvalue weighted by Gasteiger charge is -2.52. The van der Waals surface area contributed by atoms with Gasteiger partial charge in [-0.25, -0.2) is 0 Å². The summed E-state index contributed by atoms with van der Waals surface area (Å²) < 4.78 is 38.5. The molecule has 0 fully saturated rings. The monoisotopic (exact) mass is 378 g/mol. The molecule has 7 nitrogen and oxygen atoms in total. The molecule has 0 bridgehead atoms. The highest BCUT2D eigenvalue weighted by molar-refractivity contribution is 6.00. The van der Waals surface area contributed by atoms with Gasteiger partial charge in [-0.05, 0) is 6.42 Å². The zero-order chi connectivity index (χ0) is 18.7. The molecule has 0 saturated carbocycles. The quantitative estimate of drug-likeness (QED) is 0.245. The number of hydrogen-bond acceptors (Lipinski definition) is 7. The molecule has 0 heterocycles. The molecule has 0 aliphatic carbocycles. The van der Waals surface area contributed by atoms with Crippen molar-refractivity contribution in [3.05, 3.63) is 0 Å². The summed E-state index contributed by atoms with van der Waals surface area (Å²) in [5, 5.41) is 0. The largest absolute Gasteiger partial charge is 0.367 e. The van der Waals surface area contributed by atoms with Gasteiger partial charge in [0.1, 0.15) is 0 Å². The predicted octanol–water partition coefficient (Wildman–Crippen LogP) is 1.83. The molecule has 140 valence electrons. The fourth-order valence-electron chi connectivity index (χ4n) is 2.93. The van der Waals surface area contributed by atoms with Crippen molar-refractivity contribution in [2.24, 2.45) is 0 Å². The molecule has 0 aromatic heterocycles. The summed E-state index contributed by atoms with van der Waals surface area (Å²) in [6, 6.07) is 0. The number of rotatable bonds is 15. The third-order valence-corrected chi connectivity index (χ3v) is 4.82. The van der Waals surface area contributed by atoms with Gasteiger partial charge in [0, 0.05) is 42.0 Å². The predicted molar refractivity (Wildman–Crippen MR) is 90.3 cm³/mol. The third-order valence-electron chi connectivity index (χ3n) is 4.29. The second kappa shape index (κ2) is 11.7. The first-order valence-corrected chi connectivity index (χ1v) is 8.76. The molecule has 0 amide bonds. The van der Waals surface area contributed by atoms with Crippen LogP contribution in [-0.2, 0) is 32.5 Å². The molecule has 6 radical (unpaired) electrons. The van der Waals surface area contributed by atoms with E-state index in [0.717, 1.165) is 19.3 Å². The average Bonchev–Trinajstić information content (AvgIpc) is 2.64. The maximum absolute atomic E-state index is 5.70. The van der Waals surface area contributed by atoms with Gasteiger partial charge in [0.25, 0.3) is 21.0 Å². The standard InChI is InChI=1S/C15H30O7Si2/c1-7-8-9-10-11-12-13(16-2,17-3)14(18-4,19-5)15(20-6,21-23)22-24/h7-12H2,1-6H3. The Morgan fingerprint density at radius 3 is 1.50 bits per heavy atom. The normalized spacial score (nSPS) is 13.5. The molecule has 0 unspecified atom stereocenters. The van der Waals surface area contributed by atoms with Crippen molar-refractivity contribution in [1.82, 2.24) is 0 Å². The van der Waals surface area contributed by atoms with Crippen molar-refractivity contribution in [3.63, 3.8) is 0 Å². The van der Waals surface area contributed by atoms with Crippen LogP contribution in [0.1, 0.15) is 45.4 Å². The van der Waals surface area contributed by atoms with Crippen LogP contribution in [0, 0.1) is 0 Å². The van der Waals surface area contributed by atoms with E-state index in [1.54, 1.807) is 0 Å². The Morgan fingerprint density at radius 1 is 0.667 bits per heavy atom. The Bertz CT molecular complexity index is 311. The fourth-order valence-corrected chi connectivity index (χ4v) is 3.53. The van der Waals surface area contributed by atoms with E-state index in [1.807, 2.05) is 0 Å². The summed E-state index contributed by atoms with van der Waals surface area (Å²) >= 11 is 0. The van der Waals surface area contributed by atoms with Gasteiger partial charge >= 0.3 is 11.8 Å². The second-order valence-corrected chi connectivity index (χ2v) is 5.72. The van der Waals surface area contributed by atoms with Crippen LogP contribution >= 0.6 is 0 Å². The van der Waals surface area contributed by atoms with E-state index in [2.05, 4.69) is 27.9 Å². The van der Waals surface area contributed by atoms with Gasteiger partial charge in [-0.3, -0.25) is 0 Å². The molecule has 0 N–H and O–H groups in total.